The van der Waals surface area contributed by atoms with Gasteiger partial charge in [-0.2, -0.15) is 0 Å². The Bertz CT molecular complexity index is 174. The van der Waals surface area contributed by atoms with Crippen molar-refractivity contribution >= 4 is 11.6 Å². The zero-order valence-corrected chi connectivity index (χ0v) is 10.1. The van der Waals surface area contributed by atoms with Gasteiger partial charge in [-0.05, 0) is 51.5 Å². The highest BCUT2D eigenvalue weighted by atomic mass is 35.5. The summed E-state index contributed by atoms with van der Waals surface area (Å²) < 4.78 is 5.60. The first-order chi connectivity index (χ1) is 7.34. The number of rotatable bonds is 4. The molecule has 2 aliphatic rings. The zero-order valence-electron chi connectivity index (χ0n) is 9.38. The van der Waals surface area contributed by atoms with Crippen molar-refractivity contribution in [3.8, 4) is 0 Å². The number of hydrogen-bond donors (Lipinski definition) is 1. The standard InChI is InChI=1S/C12H22ClNO/c13-10-3-5-11(6-4-10)14-8-7-12-2-1-9-15-12/h10-12,14H,1-9H2. The van der Waals surface area contributed by atoms with E-state index in [1.165, 1.54) is 44.9 Å². The summed E-state index contributed by atoms with van der Waals surface area (Å²) in [5.41, 5.74) is 0. The molecule has 0 radical (unpaired) electrons. The second-order valence-corrected chi connectivity index (χ2v) is 5.44. The Kier molecular flexibility index (Phi) is 4.73. The summed E-state index contributed by atoms with van der Waals surface area (Å²) in [6, 6.07) is 0.710. The molecule has 0 spiro atoms. The van der Waals surface area contributed by atoms with Gasteiger partial charge in [0.2, 0.25) is 0 Å². The van der Waals surface area contributed by atoms with Crippen LogP contribution in [-0.4, -0.2) is 30.7 Å². The number of alkyl halides is 1. The van der Waals surface area contributed by atoms with Crippen molar-refractivity contribution in [2.24, 2.45) is 0 Å². The molecule has 0 aromatic carbocycles. The molecule has 2 nitrogen and oxygen atoms in total. The van der Waals surface area contributed by atoms with Gasteiger partial charge in [0.1, 0.15) is 0 Å². The Hall–Kier alpha value is 0.210. The molecule has 1 aliphatic heterocycles. The highest BCUT2D eigenvalue weighted by Gasteiger charge is 2.20. The van der Waals surface area contributed by atoms with E-state index in [9.17, 15) is 0 Å². The third-order valence-corrected chi connectivity index (χ3v) is 4.02. The Labute approximate surface area is 97.7 Å². The van der Waals surface area contributed by atoms with Crippen LogP contribution in [0, 0.1) is 0 Å². The molecule has 15 heavy (non-hydrogen) atoms. The molecule has 0 aromatic heterocycles. The summed E-state index contributed by atoms with van der Waals surface area (Å²) in [6.07, 6.45) is 9.08. The van der Waals surface area contributed by atoms with Crippen molar-refractivity contribution in [3.63, 3.8) is 0 Å². The van der Waals surface area contributed by atoms with Gasteiger partial charge in [-0.25, -0.2) is 0 Å². The van der Waals surface area contributed by atoms with Gasteiger partial charge in [-0.15, -0.1) is 11.6 Å². The first-order valence-corrected chi connectivity index (χ1v) is 6.77. The van der Waals surface area contributed by atoms with Gasteiger partial charge in [0.25, 0.3) is 0 Å². The number of halogens is 1. The number of nitrogens with one attached hydrogen (secondary N) is 1. The Balaban J connectivity index is 1.53. The van der Waals surface area contributed by atoms with Crippen LogP contribution in [0.1, 0.15) is 44.9 Å². The van der Waals surface area contributed by atoms with Gasteiger partial charge < -0.3 is 10.1 Å². The normalized spacial score (nSPS) is 37.0. The van der Waals surface area contributed by atoms with Crippen molar-refractivity contribution < 1.29 is 4.74 Å². The molecular weight excluding hydrogens is 210 g/mol. The SMILES string of the molecule is ClC1CCC(NCCC2CCCO2)CC1. The van der Waals surface area contributed by atoms with Crippen LogP contribution in [0.2, 0.25) is 0 Å². The van der Waals surface area contributed by atoms with Crippen molar-refractivity contribution in [2.75, 3.05) is 13.2 Å². The summed E-state index contributed by atoms with van der Waals surface area (Å²) in [6.45, 7) is 2.09. The van der Waals surface area contributed by atoms with Gasteiger partial charge in [0.15, 0.2) is 0 Å². The Morgan fingerprint density at radius 2 is 1.93 bits per heavy atom. The largest absolute Gasteiger partial charge is 0.378 e. The maximum atomic E-state index is 6.07. The van der Waals surface area contributed by atoms with E-state index in [1.807, 2.05) is 0 Å². The monoisotopic (exact) mass is 231 g/mol. The summed E-state index contributed by atoms with van der Waals surface area (Å²) >= 11 is 6.07. The van der Waals surface area contributed by atoms with Gasteiger partial charge >= 0.3 is 0 Å². The molecule has 2 rings (SSSR count). The molecule has 2 fully saturated rings. The lowest BCUT2D eigenvalue weighted by Crippen LogP contribution is -2.35. The number of ether oxygens (including phenoxy) is 1. The van der Waals surface area contributed by atoms with Crippen LogP contribution in [0.3, 0.4) is 0 Å². The number of hydrogen-bond acceptors (Lipinski definition) is 2. The molecule has 1 N–H and O–H groups in total. The Morgan fingerprint density at radius 1 is 1.13 bits per heavy atom. The van der Waals surface area contributed by atoms with E-state index in [0.29, 0.717) is 17.5 Å². The maximum Gasteiger partial charge on any atom is 0.0588 e. The summed E-state index contributed by atoms with van der Waals surface area (Å²) in [5.74, 6) is 0. The molecule has 0 bridgehead atoms. The van der Waals surface area contributed by atoms with E-state index in [-0.39, 0.29) is 0 Å². The van der Waals surface area contributed by atoms with Crippen LogP contribution in [0.5, 0.6) is 0 Å². The fourth-order valence-electron chi connectivity index (χ4n) is 2.58. The second kappa shape index (κ2) is 6.07. The van der Waals surface area contributed by atoms with Crippen LogP contribution < -0.4 is 5.32 Å². The molecule has 1 saturated carbocycles. The third kappa shape index (κ3) is 3.93. The van der Waals surface area contributed by atoms with E-state index in [4.69, 9.17) is 16.3 Å². The van der Waals surface area contributed by atoms with E-state index in [0.717, 1.165) is 13.2 Å². The Morgan fingerprint density at radius 3 is 2.60 bits per heavy atom. The van der Waals surface area contributed by atoms with Crippen LogP contribution in [-0.2, 0) is 4.74 Å². The molecule has 0 amide bonds. The maximum absolute atomic E-state index is 6.07. The quantitative estimate of drug-likeness (QED) is 0.752. The fraction of sp³-hybridized carbons (Fsp3) is 1.00. The smallest absolute Gasteiger partial charge is 0.0588 e. The molecule has 1 atom stereocenters. The van der Waals surface area contributed by atoms with Crippen molar-refractivity contribution in [2.45, 2.75) is 62.5 Å². The fourth-order valence-corrected chi connectivity index (χ4v) is 2.83. The summed E-state index contributed by atoms with van der Waals surface area (Å²) in [7, 11) is 0. The molecule has 0 aromatic rings. The predicted octanol–water partition coefficient (Wildman–Crippen LogP) is 2.70. The zero-order chi connectivity index (χ0) is 10.5. The first kappa shape index (κ1) is 11.7. The average Bonchev–Trinajstić information content (AvgIpc) is 2.74. The first-order valence-electron chi connectivity index (χ1n) is 6.33. The van der Waals surface area contributed by atoms with Gasteiger partial charge in [-0.1, -0.05) is 0 Å². The topological polar surface area (TPSA) is 21.3 Å². The molecule has 1 saturated heterocycles. The predicted molar refractivity (Wildman–Crippen MR) is 63.5 cm³/mol. The van der Waals surface area contributed by atoms with Gasteiger partial charge in [0.05, 0.1) is 6.10 Å². The lowest BCUT2D eigenvalue weighted by Gasteiger charge is -2.26. The molecule has 1 unspecified atom stereocenters. The molecule has 88 valence electrons. The second-order valence-electron chi connectivity index (χ2n) is 4.83. The van der Waals surface area contributed by atoms with Crippen LogP contribution in [0.15, 0.2) is 0 Å². The minimum absolute atomic E-state index is 0.432. The third-order valence-electron chi connectivity index (χ3n) is 3.58. The van der Waals surface area contributed by atoms with Crippen molar-refractivity contribution in [1.29, 1.82) is 0 Å². The summed E-state index contributed by atoms with van der Waals surface area (Å²) in [4.78, 5) is 0. The van der Waals surface area contributed by atoms with Gasteiger partial charge in [-0.3, -0.25) is 0 Å². The van der Waals surface area contributed by atoms with Crippen molar-refractivity contribution in [3.05, 3.63) is 0 Å². The van der Waals surface area contributed by atoms with E-state index < -0.39 is 0 Å². The molecule has 1 aliphatic carbocycles. The van der Waals surface area contributed by atoms with E-state index in [1.54, 1.807) is 0 Å². The van der Waals surface area contributed by atoms with Crippen molar-refractivity contribution in [1.82, 2.24) is 5.32 Å². The average molecular weight is 232 g/mol. The van der Waals surface area contributed by atoms with E-state index in [2.05, 4.69) is 5.32 Å². The van der Waals surface area contributed by atoms with Crippen LogP contribution in [0.4, 0.5) is 0 Å². The highest BCUT2D eigenvalue weighted by molar-refractivity contribution is 6.20. The highest BCUT2D eigenvalue weighted by Crippen LogP contribution is 2.23. The van der Waals surface area contributed by atoms with Crippen LogP contribution >= 0.6 is 11.6 Å². The van der Waals surface area contributed by atoms with Crippen LogP contribution in [0.25, 0.3) is 0 Å². The molecular formula is C12H22ClNO. The minimum Gasteiger partial charge on any atom is -0.378 e. The van der Waals surface area contributed by atoms with E-state index >= 15 is 0 Å². The lowest BCUT2D eigenvalue weighted by molar-refractivity contribution is 0.103. The lowest BCUT2D eigenvalue weighted by atomic mass is 9.95. The van der Waals surface area contributed by atoms with Gasteiger partial charge in [0, 0.05) is 18.0 Å². The molecule has 3 heteroatoms. The molecule has 1 heterocycles. The minimum atomic E-state index is 0.432. The summed E-state index contributed by atoms with van der Waals surface area (Å²) in [5, 5.41) is 4.06.